The normalized spacial score (nSPS) is 10.7. The molecular formula is C9H5BrCl2INO. The molecule has 1 amide bonds. The zero-order valence-electron chi connectivity index (χ0n) is 7.23. The summed E-state index contributed by atoms with van der Waals surface area (Å²) in [5, 5.41) is 3.40. The second-order valence-electron chi connectivity index (χ2n) is 2.50. The topological polar surface area (TPSA) is 29.1 Å². The summed E-state index contributed by atoms with van der Waals surface area (Å²) in [5.41, 5.74) is 0.528. The van der Waals surface area contributed by atoms with Crippen molar-refractivity contribution >= 4 is 73.3 Å². The van der Waals surface area contributed by atoms with Gasteiger partial charge in [0.1, 0.15) is 0 Å². The van der Waals surface area contributed by atoms with E-state index in [1.165, 1.54) is 11.1 Å². The van der Waals surface area contributed by atoms with Crippen LogP contribution in [-0.4, -0.2) is 5.91 Å². The Labute approximate surface area is 119 Å². The highest BCUT2D eigenvalue weighted by atomic mass is 127. The van der Waals surface area contributed by atoms with Crippen LogP contribution >= 0.6 is 61.7 Å². The van der Waals surface area contributed by atoms with Crippen molar-refractivity contribution in [2.75, 3.05) is 5.32 Å². The molecule has 0 aliphatic heterocycles. The molecule has 0 spiro atoms. The first kappa shape index (κ1) is 13.3. The van der Waals surface area contributed by atoms with E-state index in [2.05, 4.69) is 43.8 Å². The Hall–Kier alpha value is 0.220. The van der Waals surface area contributed by atoms with E-state index in [0.29, 0.717) is 15.7 Å². The number of amides is 1. The zero-order valence-corrected chi connectivity index (χ0v) is 12.5. The number of hydrogen-bond donors (Lipinski definition) is 1. The van der Waals surface area contributed by atoms with Crippen molar-refractivity contribution in [3.05, 3.63) is 36.8 Å². The Kier molecular flexibility index (Phi) is 5.38. The van der Waals surface area contributed by atoms with E-state index in [-0.39, 0.29) is 5.91 Å². The molecule has 1 N–H and O–H groups in total. The molecule has 1 rings (SSSR count). The van der Waals surface area contributed by atoms with E-state index in [1.807, 2.05) is 0 Å². The van der Waals surface area contributed by atoms with Gasteiger partial charge in [0.15, 0.2) is 0 Å². The molecule has 80 valence electrons. The molecule has 0 radical (unpaired) electrons. The summed E-state index contributed by atoms with van der Waals surface area (Å²) in [6.07, 6.45) is 1.34. The van der Waals surface area contributed by atoms with Gasteiger partial charge in [-0.1, -0.05) is 39.1 Å². The second-order valence-corrected chi connectivity index (χ2v) is 4.98. The summed E-state index contributed by atoms with van der Waals surface area (Å²) in [4.78, 5) is 12.8. The molecule has 15 heavy (non-hydrogen) atoms. The maximum atomic E-state index is 11.3. The van der Waals surface area contributed by atoms with Crippen molar-refractivity contribution in [2.45, 2.75) is 0 Å². The van der Waals surface area contributed by atoms with Gasteiger partial charge in [-0.25, -0.2) is 0 Å². The van der Waals surface area contributed by atoms with Crippen molar-refractivity contribution < 1.29 is 4.79 Å². The van der Waals surface area contributed by atoms with Gasteiger partial charge < -0.3 is 5.32 Å². The van der Waals surface area contributed by atoms with E-state index in [4.69, 9.17) is 23.2 Å². The Bertz CT molecular complexity index is 423. The van der Waals surface area contributed by atoms with Gasteiger partial charge in [-0.15, -0.1) is 0 Å². The number of hydrogen-bond acceptors (Lipinski definition) is 1. The number of halogens is 4. The average Bonchev–Trinajstić information content (AvgIpc) is 2.19. The van der Waals surface area contributed by atoms with Crippen molar-refractivity contribution in [1.82, 2.24) is 0 Å². The molecule has 0 saturated heterocycles. The van der Waals surface area contributed by atoms with Gasteiger partial charge in [0, 0.05) is 9.65 Å². The monoisotopic (exact) mass is 419 g/mol. The van der Waals surface area contributed by atoms with Crippen molar-refractivity contribution in [2.24, 2.45) is 0 Å². The predicted molar refractivity (Wildman–Crippen MR) is 75.9 cm³/mol. The largest absolute Gasteiger partial charge is 0.320 e. The van der Waals surface area contributed by atoms with Crippen LogP contribution in [-0.2, 0) is 4.79 Å². The Morgan fingerprint density at radius 2 is 2.13 bits per heavy atom. The van der Waals surface area contributed by atoms with Crippen molar-refractivity contribution in [1.29, 1.82) is 0 Å². The van der Waals surface area contributed by atoms with Crippen molar-refractivity contribution in [3.8, 4) is 0 Å². The summed E-state index contributed by atoms with van der Waals surface area (Å²) in [6.45, 7) is 0. The lowest BCUT2D eigenvalue weighted by Crippen LogP contribution is -2.09. The van der Waals surface area contributed by atoms with Crippen LogP contribution in [0.4, 0.5) is 5.69 Å². The molecule has 1 aromatic rings. The molecule has 0 atom stereocenters. The maximum absolute atomic E-state index is 11.3. The summed E-state index contributed by atoms with van der Waals surface area (Å²) >= 11 is 16.9. The van der Waals surface area contributed by atoms with E-state index >= 15 is 0 Å². The fourth-order valence-corrected chi connectivity index (χ4v) is 2.22. The SMILES string of the molecule is O=C(C=CBr)Nc1c(I)ccc(Cl)c1Cl. The first-order valence-corrected chi connectivity index (χ1v) is 6.52. The lowest BCUT2D eigenvalue weighted by Gasteiger charge is -2.08. The first-order chi connectivity index (χ1) is 7.06. The number of benzene rings is 1. The van der Waals surface area contributed by atoms with Crippen LogP contribution in [0, 0.1) is 3.57 Å². The Morgan fingerprint density at radius 3 is 2.73 bits per heavy atom. The van der Waals surface area contributed by atoms with Gasteiger partial charge in [-0.3, -0.25) is 4.79 Å². The predicted octanol–water partition coefficient (Wildman–Crippen LogP) is 4.45. The highest BCUT2D eigenvalue weighted by molar-refractivity contribution is 14.1. The standard InChI is InChI=1S/C9H5BrCl2INO/c10-4-3-7(15)14-9-6(13)2-1-5(11)8(9)12/h1-4H,(H,14,15). The Balaban J connectivity index is 3.03. The highest BCUT2D eigenvalue weighted by Gasteiger charge is 2.10. The van der Waals surface area contributed by atoms with Crippen LogP contribution in [0.15, 0.2) is 23.2 Å². The third-order valence-electron chi connectivity index (χ3n) is 1.51. The molecule has 2 nitrogen and oxygen atoms in total. The number of carbonyl (C=O) groups is 1. The molecule has 1 aromatic carbocycles. The molecule has 0 aliphatic rings. The van der Waals surface area contributed by atoms with Crippen LogP contribution in [0.2, 0.25) is 10.0 Å². The van der Waals surface area contributed by atoms with Gasteiger partial charge in [0.25, 0.3) is 0 Å². The third-order valence-corrected chi connectivity index (χ3v) is 3.47. The molecule has 0 aromatic heterocycles. The lowest BCUT2D eigenvalue weighted by atomic mass is 10.3. The minimum Gasteiger partial charge on any atom is -0.320 e. The summed E-state index contributed by atoms with van der Waals surface area (Å²) in [5.74, 6) is -0.269. The number of nitrogens with one attached hydrogen (secondary N) is 1. The summed E-state index contributed by atoms with van der Waals surface area (Å²) in [6, 6.07) is 3.46. The molecule has 0 fully saturated rings. The lowest BCUT2D eigenvalue weighted by molar-refractivity contribution is -0.111. The molecular weight excluding hydrogens is 416 g/mol. The fraction of sp³-hybridized carbons (Fsp3) is 0. The zero-order chi connectivity index (χ0) is 11.4. The van der Waals surface area contributed by atoms with Crippen molar-refractivity contribution in [3.63, 3.8) is 0 Å². The van der Waals surface area contributed by atoms with Crippen LogP contribution in [0.5, 0.6) is 0 Å². The van der Waals surface area contributed by atoms with Gasteiger partial charge >= 0.3 is 0 Å². The minimum absolute atomic E-state index is 0.269. The molecule has 0 heterocycles. The second kappa shape index (κ2) is 6.08. The Morgan fingerprint density at radius 1 is 1.47 bits per heavy atom. The van der Waals surface area contributed by atoms with E-state index in [1.54, 1.807) is 12.1 Å². The maximum Gasteiger partial charge on any atom is 0.248 e. The van der Waals surface area contributed by atoms with Gasteiger partial charge in [-0.05, 0) is 39.7 Å². The van der Waals surface area contributed by atoms with Gasteiger partial charge in [0.05, 0.1) is 15.7 Å². The molecule has 0 bridgehead atoms. The molecule has 6 heteroatoms. The minimum atomic E-state index is -0.269. The highest BCUT2D eigenvalue weighted by Crippen LogP contribution is 2.33. The smallest absolute Gasteiger partial charge is 0.248 e. The van der Waals surface area contributed by atoms with Crippen LogP contribution < -0.4 is 5.32 Å². The first-order valence-electron chi connectivity index (χ1n) is 3.77. The van der Waals surface area contributed by atoms with Crippen LogP contribution in [0.1, 0.15) is 0 Å². The van der Waals surface area contributed by atoms with Gasteiger partial charge in [0.2, 0.25) is 5.91 Å². The van der Waals surface area contributed by atoms with Gasteiger partial charge in [-0.2, -0.15) is 0 Å². The third kappa shape index (κ3) is 3.62. The number of carbonyl (C=O) groups excluding carboxylic acids is 1. The quantitative estimate of drug-likeness (QED) is 0.427. The summed E-state index contributed by atoms with van der Waals surface area (Å²) < 4.78 is 0.832. The van der Waals surface area contributed by atoms with Crippen LogP contribution in [0.25, 0.3) is 0 Å². The molecule has 0 aliphatic carbocycles. The average molecular weight is 421 g/mol. The number of rotatable bonds is 2. The number of anilines is 1. The van der Waals surface area contributed by atoms with E-state index in [0.717, 1.165) is 3.57 Å². The fourth-order valence-electron chi connectivity index (χ4n) is 0.864. The molecule has 0 saturated carbocycles. The van der Waals surface area contributed by atoms with Crippen LogP contribution in [0.3, 0.4) is 0 Å². The van der Waals surface area contributed by atoms with E-state index < -0.39 is 0 Å². The van der Waals surface area contributed by atoms with E-state index in [9.17, 15) is 4.79 Å². The molecule has 0 unspecified atom stereocenters. The summed E-state index contributed by atoms with van der Waals surface area (Å²) in [7, 11) is 0.